The zero-order valence-corrected chi connectivity index (χ0v) is 20.4. The van der Waals surface area contributed by atoms with E-state index in [1.54, 1.807) is 18.2 Å². The third-order valence-electron chi connectivity index (χ3n) is 5.59. The predicted octanol–water partition coefficient (Wildman–Crippen LogP) is 7.61. The van der Waals surface area contributed by atoms with E-state index in [1.807, 2.05) is 0 Å². The lowest BCUT2D eigenvalue weighted by Crippen LogP contribution is -2.22. The molecule has 4 nitrogen and oxygen atoms in total. The predicted molar refractivity (Wildman–Crippen MR) is 135 cm³/mol. The molecule has 0 bridgehead atoms. The summed E-state index contributed by atoms with van der Waals surface area (Å²) in [6.45, 7) is 2.71. The fourth-order valence-corrected chi connectivity index (χ4v) is 3.57. The number of carbonyl (C=O) groups is 1. The van der Waals surface area contributed by atoms with E-state index in [2.05, 4.69) is 36.5 Å². The fourth-order valence-electron chi connectivity index (χ4n) is 3.57. The summed E-state index contributed by atoms with van der Waals surface area (Å²) < 4.78 is 5.09. The maximum absolute atomic E-state index is 12.0. The standard InChI is InChI=1S/C28H45NO3/c1-3-4-5-6-7-8-9-10-11-12-13-14-15-16-17-18-19-20-28(31)29-24-25-21-22-26(30)27(23-25)32-2/h9-10,12-13,21-23,30H,3-8,11,14-20,24H2,1-2H3,(H,29,31)/b10-9-,13-12-. The Morgan fingerprint density at radius 2 is 1.53 bits per heavy atom. The number of allylic oxidation sites excluding steroid dienone is 4. The van der Waals surface area contributed by atoms with Gasteiger partial charge in [-0.2, -0.15) is 0 Å². The van der Waals surface area contributed by atoms with Gasteiger partial charge in [0.2, 0.25) is 5.91 Å². The second-order valence-corrected chi connectivity index (χ2v) is 8.47. The van der Waals surface area contributed by atoms with E-state index >= 15 is 0 Å². The van der Waals surface area contributed by atoms with Gasteiger partial charge in [0.25, 0.3) is 0 Å². The number of hydrogen-bond acceptors (Lipinski definition) is 3. The Kier molecular flexibility index (Phi) is 16.9. The molecule has 0 saturated carbocycles. The third kappa shape index (κ3) is 14.7. The zero-order valence-electron chi connectivity index (χ0n) is 20.4. The summed E-state index contributed by atoms with van der Waals surface area (Å²) in [5, 5.41) is 12.5. The molecule has 0 radical (unpaired) electrons. The molecule has 2 N–H and O–H groups in total. The molecule has 0 aromatic heterocycles. The number of phenolic OH excluding ortho intramolecular Hbond substituents is 1. The van der Waals surface area contributed by atoms with Crippen LogP contribution in [0.3, 0.4) is 0 Å². The second kappa shape index (κ2) is 19.5. The molecular formula is C28H45NO3. The van der Waals surface area contributed by atoms with Crippen LogP contribution in [0.1, 0.15) is 102 Å². The van der Waals surface area contributed by atoms with E-state index < -0.39 is 0 Å². The molecule has 0 spiro atoms. The van der Waals surface area contributed by atoms with E-state index in [-0.39, 0.29) is 11.7 Å². The van der Waals surface area contributed by atoms with Crippen LogP contribution in [0.5, 0.6) is 11.5 Å². The number of ether oxygens (including phenoxy) is 1. The molecule has 1 aromatic rings. The molecule has 0 unspecified atom stereocenters. The summed E-state index contributed by atoms with van der Waals surface area (Å²) in [6, 6.07) is 5.12. The molecule has 32 heavy (non-hydrogen) atoms. The Hall–Kier alpha value is -2.23. The van der Waals surface area contributed by atoms with Gasteiger partial charge in [0.05, 0.1) is 7.11 Å². The first kappa shape index (κ1) is 27.8. The molecule has 1 amide bonds. The number of hydrogen-bond donors (Lipinski definition) is 2. The van der Waals surface area contributed by atoms with E-state index in [0.29, 0.717) is 18.7 Å². The van der Waals surface area contributed by atoms with Gasteiger partial charge in [-0.05, 0) is 56.2 Å². The third-order valence-corrected chi connectivity index (χ3v) is 5.59. The van der Waals surface area contributed by atoms with Crippen molar-refractivity contribution < 1.29 is 14.6 Å². The minimum absolute atomic E-state index is 0.0778. The van der Waals surface area contributed by atoms with Crippen LogP contribution in [0.25, 0.3) is 0 Å². The lowest BCUT2D eigenvalue weighted by atomic mass is 10.1. The largest absolute Gasteiger partial charge is 0.504 e. The molecule has 180 valence electrons. The topological polar surface area (TPSA) is 58.6 Å². The summed E-state index contributed by atoms with van der Waals surface area (Å²) in [5.41, 5.74) is 0.916. The van der Waals surface area contributed by atoms with Crippen LogP contribution in [-0.4, -0.2) is 18.1 Å². The van der Waals surface area contributed by atoms with Crippen molar-refractivity contribution >= 4 is 5.91 Å². The molecular weight excluding hydrogens is 398 g/mol. The maximum atomic E-state index is 12.0. The average Bonchev–Trinajstić information content (AvgIpc) is 2.80. The van der Waals surface area contributed by atoms with Crippen LogP contribution >= 0.6 is 0 Å². The number of nitrogens with one attached hydrogen (secondary N) is 1. The molecule has 4 heteroatoms. The van der Waals surface area contributed by atoms with Gasteiger partial charge in [-0.15, -0.1) is 0 Å². The normalized spacial score (nSPS) is 11.4. The van der Waals surface area contributed by atoms with E-state index in [4.69, 9.17) is 4.74 Å². The molecule has 0 heterocycles. The fraction of sp³-hybridized carbons (Fsp3) is 0.607. The average molecular weight is 444 g/mol. The number of rotatable bonds is 19. The van der Waals surface area contributed by atoms with Crippen molar-refractivity contribution in [3.8, 4) is 11.5 Å². The van der Waals surface area contributed by atoms with Gasteiger partial charge >= 0.3 is 0 Å². The lowest BCUT2D eigenvalue weighted by Gasteiger charge is -2.08. The Labute approximate surface area is 196 Å². The van der Waals surface area contributed by atoms with Gasteiger partial charge in [0, 0.05) is 13.0 Å². The number of phenols is 1. The zero-order chi connectivity index (χ0) is 23.3. The number of amides is 1. The van der Waals surface area contributed by atoms with Crippen LogP contribution in [0.15, 0.2) is 42.5 Å². The molecule has 1 aromatic carbocycles. The Morgan fingerprint density at radius 1 is 0.906 bits per heavy atom. The van der Waals surface area contributed by atoms with Crippen molar-refractivity contribution in [2.75, 3.05) is 7.11 Å². The Morgan fingerprint density at radius 3 is 2.19 bits per heavy atom. The van der Waals surface area contributed by atoms with Gasteiger partial charge in [0.1, 0.15) is 0 Å². The molecule has 0 saturated heterocycles. The maximum Gasteiger partial charge on any atom is 0.220 e. The van der Waals surface area contributed by atoms with Crippen molar-refractivity contribution in [2.24, 2.45) is 0 Å². The highest BCUT2D eigenvalue weighted by molar-refractivity contribution is 5.75. The van der Waals surface area contributed by atoms with Crippen LogP contribution in [0, 0.1) is 0 Å². The summed E-state index contributed by atoms with van der Waals surface area (Å²) in [6.07, 6.45) is 25.7. The van der Waals surface area contributed by atoms with Crippen molar-refractivity contribution in [3.05, 3.63) is 48.1 Å². The number of aromatic hydroxyl groups is 1. The monoisotopic (exact) mass is 443 g/mol. The first-order valence-electron chi connectivity index (χ1n) is 12.6. The Bertz CT molecular complexity index is 667. The molecule has 1 rings (SSSR count). The molecule has 0 aliphatic carbocycles. The van der Waals surface area contributed by atoms with Crippen molar-refractivity contribution in [1.82, 2.24) is 5.32 Å². The minimum Gasteiger partial charge on any atom is -0.504 e. The van der Waals surface area contributed by atoms with Crippen LogP contribution in [0.2, 0.25) is 0 Å². The minimum atomic E-state index is 0.0778. The highest BCUT2D eigenvalue weighted by Gasteiger charge is 2.05. The van der Waals surface area contributed by atoms with E-state index in [1.165, 1.54) is 64.9 Å². The molecule has 0 aliphatic heterocycles. The second-order valence-electron chi connectivity index (χ2n) is 8.47. The highest BCUT2D eigenvalue weighted by atomic mass is 16.5. The van der Waals surface area contributed by atoms with E-state index in [9.17, 15) is 9.90 Å². The Balaban J connectivity index is 1.93. The highest BCUT2D eigenvalue weighted by Crippen LogP contribution is 2.26. The van der Waals surface area contributed by atoms with Gasteiger partial charge in [0.15, 0.2) is 11.5 Å². The van der Waals surface area contributed by atoms with Gasteiger partial charge in [-0.1, -0.05) is 82.2 Å². The number of methoxy groups -OCH3 is 1. The molecule has 0 aliphatic rings. The van der Waals surface area contributed by atoms with Crippen LogP contribution < -0.4 is 10.1 Å². The van der Waals surface area contributed by atoms with Gasteiger partial charge < -0.3 is 15.2 Å². The molecule has 0 atom stereocenters. The van der Waals surface area contributed by atoms with Crippen molar-refractivity contribution in [2.45, 2.75) is 103 Å². The smallest absolute Gasteiger partial charge is 0.220 e. The number of benzene rings is 1. The number of unbranched alkanes of at least 4 members (excludes halogenated alkanes) is 10. The lowest BCUT2D eigenvalue weighted by molar-refractivity contribution is -0.121. The number of carbonyl (C=O) groups excluding carboxylic acids is 1. The summed E-state index contributed by atoms with van der Waals surface area (Å²) >= 11 is 0. The van der Waals surface area contributed by atoms with Crippen LogP contribution in [-0.2, 0) is 11.3 Å². The summed E-state index contributed by atoms with van der Waals surface area (Å²) in [7, 11) is 1.52. The summed E-state index contributed by atoms with van der Waals surface area (Å²) in [4.78, 5) is 12.0. The summed E-state index contributed by atoms with van der Waals surface area (Å²) in [5.74, 6) is 0.614. The van der Waals surface area contributed by atoms with E-state index in [0.717, 1.165) is 31.2 Å². The van der Waals surface area contributed by atoms with Crippen LogP contribution in [0.4, 0.5) is 0 Å². The quantitative estimate of drug-likeness (QED) is 0.171. The first-order valence-corrected chi connectivity index (χ1v) is 12.6. The van der Waals surface area contributed by atoms with Gasteiger partial charge in [-0.3, -0.25) is 4.79 Å². The molecule has 0 fully saturated rings. The first-order chi connectivity index (χ1) is 15.7. The SMILES string of the molecule is CCCCCCC/C=C\C/C=C\CCCCCCCC(=O)NCc1ccc(O)c(OC)c1. The van der Waals surface area contributed by atoms with Crippen molar-refractivity contribution in [1.29, 1.82) is 0 Å². The van der Waals surface area contributed by atoms with Gasteiger partial charge in [-0.25, -0.2) is 0 Å². The van der Waals surface area contributed by atoms with Crippen molar-refractivity contribution in [3.63, 3.8) is 0 Å².